The molecule has 2 aliphatic heterocycles. The zero-order chi connectivity index (χ0) is 20.4. The number of amides is 2. The van der Waals surface area contributed by atoms with Crippen LogP contribution in [0.3, 0.4) is 0 Å². The first kappa shape index (κ1) is 19.7. The van der Waals surface area contributed by atoms with Gasteiger partial charge >= 0.3 is 0 Å². The third-order valence-electron chi connectivity index (χ3n) is 5.59. The van der Waals surface area contributed by atoms with Gasteiger partial charge in [-0.15, -0.1) is 0 Å². The number of nitrogens with zero attached hydrogens (tertiary/aromatic N) is 3. The molecule has 1 saturated heterocycles. The summed E-state index contributed by atoms with van der Waals surface area (Å²) < 4.78 is 5.47. The van der Waals surface area contributed by atoms with Crippen molar-refractivity contribution in [1.29, 1.82) is 0 Å². The molecule has 0 spiro atoms. The number of fused-ring (bicyclic) bond motifs is 1. The van der Waals surface area contributed by atoms with Crippen molar-refractivity contribution in [1.82, 2.24) is 9.80 Å². The molecule has 29 heavy (non-hydrogen) atoms. The van der Waals surface area contributed by atoms with Crippen LogP contribution in [-0.2, 0) is 0 Å². The maximum absolute atomic E-state index is 12.4. The van der Waals surface area contributed by atoms with E-state index in [0.717, 1.165) is 50.6 Å². The lowest BCUT2D eigenvalue weighted by atomic mass is 10.1. The van der Waals surface area contributed by atoms with Crippen molar-refractivity contribution in [3.05, 3.63) is 58.6 Å². The number of imide groups is 1. The van der Waals surface area contributed by atoms with E-state index >= 15 is 0 Å². The summed E-state index contributed by atoms with van der Waals surface area (Å²) in [5, 5.41) is 0.698. The van der Waals surface area contributed by atoms with Crippen LogP contribution in [0.15, 0.2) is 42.5 Å². The van der Waals surface area contributed by atoms with Gasteiger partial charge in [-0.05, 0) is 43.3 Å². The Morgan fingerprint density at radius 2 is 1.59 bits per heavy atom. The smallest absolute Gasteiger partial charge is 0.261 e. The molecule has 0 atom stereocenters. The highest BCUT2D eigenvalue weighted by molar-refractivity contribution is 6.31. The van der Waals surface area contributed by atoms with Crippen LogP contribution in [0.1, 0.15) is 27.1 Å². The molecule has 0 N–H and O–H groups in total. The molecule has 2 aliphatic rings. The molecular formula is C22H24ClN3O3. The molecular weight excluding hydrogens is 390 g/mol. The number of anilines is 1. The van der Waals surface area contributed by atoms with Gasteiger partial charge in [0.1, 0.15) is 5.75 Å². The molecule has 0 aliphatic carbocycles. The Morgan fingerprint density at radius 1 is 0.931 bits per heavy atom. The zero-order valence-electron chi connectivity index (χ0n) is 16.4. The van der Waals surface area contributed by atoms with Crippen molar-refractivity contribution in [2.24, 2.45) is 0 Å². The second kappa shape index (κ2) is 8.43. The van der Waals surface area contributed by atoms with Crippen molar-refractivity contribution < 1.29 is 14.3 Å². The Bertz CT molecular complexity index is 890. The van der Waals surface area contributed by atoms with Crippen molar-refractivity contribution in [2.75, 3.05) is 51.3 Å². The molecule has 0 bridgehead atoms. The number of hydrogen-bond acceptors (Lipinski definition) is 5. The van der Waals surface area contributed by atoms with Crippen LogP contribution in [0.4, 0.5) is 5.69 Å². The lowest BCUT2D eigenvalue weighted by Crippen LogP contribution is -2.47. The van der Waals surface area contributed by atoms with Crippen molar-refractivity contribution >= 4 is 29.1 Å². The molecule has 6 nitrogen and oxygen atoms in total. The van der Waals surface area contributed by atoms with E-state index in [2.05, 4.69) is 9.80 Å². The lowest BCUT2D eigenvalue weighted by Gasteiger charge is -2.36. The molecule has 0 radical (unpaired) electrons. The Hall–Kier alpha value is -2.57. The Balaban J connectivity index is 1.28. The third-order valence-corrected chi connectivity index (χ3v) is 5.82. The highest BCUT2D eigenvalue weighted by atomic mass is 35.5. The predicted octanol–water partition coefficient (Wildman–Crippen LogP) is 3.16. The first-order valence-corrected chi connectivity index (χ1v) is 10.2. The number of rotatable bonds is 6. The number of carbonyl (C=O) groups excluding carboxylic acids is 2. The number of methoxy groups -OCH3 is 1. The van der Waals surface area contributed by atoms with E-state index in [4.69, 9.17) is 16.3 Å². The van der Waals surface area contributed by atoms with Crippen LogP contribution in [0.5, 0.6) is 5.75 Å². The Labute approximate surface area is 175 Å². The zero-order valence-corrected chi connectivity index (χ0v) is 17.2. The largest absolute Gasteiger partial charge is 0.495 e. The number of halogens is 1. The maximum Gasteiger partial charge on any atom is 0.261 e. The summed E-state index contributed by atoms with van der Waals surface area (Å²) >= 11 is 6.16. The van der Waals surface area contributed by atoms with Crippen LogP contribution in [0.2, 0.25) is 5.02 Å². The fourth-order valence-electron chi connectivity index (χ4n) is 4.02. The molecule has 2 aromatic rings. The highest BCUT2D eigenvalue weighted by Gasteiger charge is 2.34. The topological polar surface area (TPSA) is 53.1 Å². The van der Waals surface area contributed by atoms with E-state index in [1.807, 2.05) is 18.2 Å². The molecule has 0 aromatic heterocycles. The predicted molar refractivity (Wildman–Crippen MR) is 113 cm³/mol. The summed E-state index contributed by atoms with van der Waals surface area (Å²) in [5.74, 6) is 0.473. The molecule has 2 amide bonds. The summed E-state index contributed by atoms with van der Waals surface area (Å²) in [5.41, 5.74) is 2.05. The maximum atomic E-state index is 12.4. The van der Waals surface area contributed by atoms with Gasteiger partial charge < -0.3 is 9.64 Å². The summed E-state index contributed by atoms with van der Waals surface area (Å²) in [6, 6.07) is 12.7. The van der Waals surface area contributed by atoms with Crippen LogP contribution in [-0.4, -0.2) is 68.0 Å². The van der Waals surface area contributed by atoms with Crippen LogP contribution in [0, 0.1) is 0 Å². The standard InChI is InChI=1S/C22H24ClN3O3/c1-29-20-8-7-16(23)15-19(20)25-13-11-24(12-14-25)9-4-10-26-21(27)17-5-2-3-6-18(17)22(26)28/h2-3,5-8,15H,4,9-14H2,1H3. The van der Waals surface area contributed by atoms with Gasteiger partial charge in [0.15, 0.2) is 0 Å². The number of hydrogen-bond donors (Lipinski definition) is 0. The van der Waals surface area contributed by atoms with E-state index < -0.39 is 0 Å². The monoisotopic (exact) mass is 413 g/mol. The molecule has 0 unspecified atom stereocenters. The third kappa shape index (κ3) is 3.95. The number of carbonyl (C=O) groups is 2. The summed E-state index contributed by atoms with van der Waals surface area (Å²) in [4.78, 5) is 30.9. The summed E-state index contributed by atoms with van der Waals surface area (Å²) in [6.07, 6.45) is 0.770. The molecule has 0 saturated carbocycles. The quantitative estimate of drug-likeness (QED) is 0.681. The van der Waals surface area contributed by atoms with Crippen LogP contribution >= 0.6 is 11.6 Å². The van der Waals surface area contributed by atoms with Gasteiger partial charge in [0, 0.05) is 37.7 Å². The molecule has 7 heteroatoms. The van der Waals surface area contributed by atoms with Gasteiger partial charge in [0.25, 0.3) is 11.8 Å². The highest BCUT2D eigenvalue weighted by Crippen LogP contribution is 2.32. The number of piperazine rings is 1. The van der Waals surface area contributed by atoms with E-state index in [9.17, 15) is 9.59 Å². The molecule has 2 heterocycles. The first-order valence-electron chi connectivity index (χ1n) is 9.84. The van der Waals surface area contributed by atoms with Crippen molar-refractivity contribution in [3.8, 4) is 5.75 Å². The fraction of sp³-hybridized carbons (Fsp3) is 0.364. The van der Waals surface area contributed by atoms with Gasteiger partial charge in [-0.25, -0.2) is 0 Å². The summed E-state index contributed by atoms with van der Waals surface area (Å²) in [6.45, 7) is 4.89. The van der Waals surface area contributed by atoms with Crippen molar-refractivity contribution in [3.63, 3.8) is 0 Å². The average Bonchev–Trinajstić information content (AvgIpc) is 2.99. The Kier molecular flexibility index (Phi) is 5.74. The second-order valence-corrected chi connectivity index (χ2v) is 7.74. The van der Waals surface area contributed by atoms with E-state index in [0.29, 0.717) is 22.7 Å². The fourth-order valence-corrected chi connectivity index (χ4v) is 4.18. The molecule has 152 valence electrons. The van der Waals surface area contributed by atoms with Gasteiger partial charge in [-0.1, -0.05) is 23.7 Å². The van der Waals surface area contributed by atoms with Crippen LogP contribution < -0.4 is 9.64 Å². The van der Waals surface area contributed by atoms with Gasteiger partial charge in [-0.3, -0.25) is 19.4 Å². The van der Waals surface area contributed by atoms with E-state index in [1.165, 1.54) is 4.90 Å². The number of ether oxygens (including phenoxy) is 1. The van der Waals surface area contributed by atoms with Gasteiger partial charge in [0.2, 0.25) is 0 Å². The van der Waals surface area contributed by atoms with E-state index in [1.54, 1.807) is 31.4 Å². The van der Waals surface area contributed by atoms with Crippen molar-refractivity contribution in [2.45, 2.75) is 6.42 Å². The minimum atomic E-state index is -0.177. The van der Waals surface area contributed by atoms with Gasteiger partial charge in [-0.2, -0.15) is 0 Å². The lowest BCUT2D eigenvalue weighted by molar-refractivity contribution is 0.0647. The second-order valence-electron chi connectivity index (χ2n) is 7.31. The van der Waals surface area contributed by atoms with E-state index in [-0.39, 0.29) is 11.8 Å². The minimum Gasteiger partial charge on any atom is -0.495 e. The molecule has 4 rings (SSSR count). The SMILES string of the molecule is COc1ccc(Cl)cc1N1CCN(CCCN2C(=O)c3ccccc3C2=O)CC1. The van der Waals surface area contributed by atoms with Gasteiger partial charge in [0.05, 0.1) is 23.9 Å². The normalized spacial score (nSPS) is 17.0. The summed E-state index contributed by atoms with van der Waals surface area (Å²) in [7, 11) is 1.67. The molecule has 2 aromatic carbocycles. The molecule has 1 fully saturated rings. The first-order chi connectivity index (χ1) is 14.1. The minimum absolute atomic E-state index is 0.177. The number of benzene rings is 2. The Morgan fingerprint density at radius 3 is 2.21 bits per heavy atom. The van der Waals surface area contributed by atoms with Crippen LogP contribution in [0.25, 0.3) is 0 Å². The average molecular weight is 414 g/mol.